The Hall–Kier alpha value is -3.39. The average Bonchev–Trinajstić information content (AvgIpc) is 3.35. The van der Waals surface area contributed by atoms with E-state index < -0.39 is 6.04 Å². The third-order valence-electron chi connectivity index (χ3n) is 6.58. The maximum absolute atomic E-state index is 13.7. The lowest BCUT2D eigenvalue weighted by Crippen LogP contribution is -2.49. The molecular weight excluding hydrogens is 446 g/mol. The van der Waals surface area contributed by atoms with Gasteiger partial charge in [0, 0.05) is 18.1 Å². The predicted octanol–water partition coefficient (Wildman–Crippen LogP) is 3.80. The Morgan fingerprint density at radius 1 is 1.06 bits per heavy atom. The van der Waals surface area contributed by atoms with Gasteiger partial charge in [-0.3, -0.25) is 14.5 Å². The average molecular weight is 480 g/mol. The Balaban J connectivity index is 1.63. The second-order valence-electron chi connectivity index (χ2n) is 8.71. The van der Waals surface area contributed by atoms with Crippen molar-refractivity contribution in [1.29, 1.82) is 0 Å². The molecule has 2 heterocycles. The number of carbonyl (C=O) groups is 2. The second-order valence-corrected chi connectivity index (χ2v) is 8.71. The van der Waals surface area contributed by atoms with E-state index >= 15 is 0 Å². The fraction of sp³-hybridized carbons (Fsp3) is 0.444. The van der Waals surface area contributed by atoms with E-state index in [1.807, 2.05) is 53.4 Å². The van der Waals surface area contributed by atoms with Gasteiger partial charge in [0.15, 0.2) is 0 Å². The molecule has 4 rings (SSSR count). The van der Waals surface area contributed by atoms with Crippen molar-refractivity contribution < 1.29 is 23.8 Å². The van der Waals surface area contributed by atoms with Crippen LogP contribution in [0.1, 0.15) is 49.8 Å². The molecule has 0 aromatic heterocycles. The lowest BCUT2D eigenvalue weighted by molar-refractivity contribution is -0.152. The molecule has 0 bridgehead atoms. The molecule has 0 saturated carbocycles. The minimum atomic E-state index is -0.401. The van der Waals surface area contributed by atoms with Crippen LogP contribution in [-0.2, 0) is 14.3 Å². The van der Waals surface area contributed by atoms with E-state index in [0.29, 0.717) is 37.5 Å². The van der Waals surface area contributed by atoms with Crippen molar-refractivity contribution in [2.45, 2.75) is 44.7 Å². The quantitative estimate of drug-likeness (QED) is 0.536. The summed E-state index contributed by atoms with van der Waals surface area (Å²) in [6, 6.07) is 14.7. The summed E-state index contributed by atoms with van der Waals surface area (Å²) in [6.07, 6.45) is 3.14. The first-order valence-electron chi connectivity index (χ1n) is 12.1. The van der Waals surface area contributed by atoms with Crippen LogP contribution >= 0.6 is 0 Å². The van der Waals surface area contributed by atoms with Crippen LogP contribution in [0.5, 0.6) is 11.5 Å². The van der Waals surface area contributed by atoms with Gasteiger partial charge in [0.05, 0.1) is 39.1 Å². The number of rotatable bonds is 8. The van der Waals surface area contributed by atoms with E-state index in [4.69, 9.17) is 19.3 Å². The predicted molar refractivity (Wildman–Crippen MR) is 133 cm³/mol. The van der Waals surface area contributed by atoms with Crippen LogP contribution in [0.2, 0.25) is 0 Å². The van der Waals surface area contributed by atoms with Gasteiger partial charge in [-0.15, -0.1) is 0 Å². The number of amides is 1. The number of ether oxygens (including phenoxy) is 3. The summed E-state index contributed by atoms with van der Waals surface area (Å²) >= 11 is 0. The largest absolute Gasteiger partial charge is 0.497 e. The topological polar surface area (TPSA) is 80.7 Å². The third kappa shape index (κ3) is 5.48. The van der Waals surface area contributed by atoms with E-state index in [-0.39, 0.29) is 24.5 Å². The van der Waals surface area contributed by atoms with Gasteiger partial charge in [-0.25, -0.2) is 5.01 Å². The molecule has 0 unspecified atom stereocenters. The van der Waals surface area contributed by atoms with E-state index in [9.17, 15) is 9.59 Å². The minimum absolute atomic E-state index is 0.101. The fourth-order valence-electron chi connectivity index (χ4n) is 4.81. The van der Waals surface area contributed by atoms with Crippen molar-refractivity contribution in [2.75, 3.05) is 33.9 Å². The molecule has 2 aromatic rings. The number of likely N-dealkylation sites (tertiary alicyclic amines) is 1. The molecule has 0 spiro atoms. The third-order valence-corrected chi connectivity index (χ3v) is 6.58. The van der Waals surface area contributed by atoms with Crippen LogP contribution in [0.3, 0.4) is 0 Å². The highest BCUT2D eigenvalue weighted by molar-refractivity contribution is 6.03. The van der Waals surface area contributed by atoms with Gasteiger partial charge in [0.25, 0.3) is 5.91 Å². The minimum Gasteiger partial charge on any atom is -0.497 e. The maximum atomic E-state index is 13.7. The molecular formula is C27H33N3O5. The molecule has 2 aliphatic rings. The van der Waals surface area contributed by atoms with Crippen molar-refractivity contribution >= 4 is 17.6 Å². The van der Waals surface area contributed by atoms with Crippen LogP contribution < -0.4 is 9.47 Å². The van der Waals surface area contributed by atoms with Crippen molar-refractivity contribution in [3.63, 3.8) is 0 Å². The number of piperidine rings is 1. The number of nitrogens with zero attached hydrogens (tertiary/aromatic N) is 3. The zero-order chi connectivity index (χ0) is 24.8. The molecule has 1 amide bonds. The molecule has 8 heteroatoms. The van der Waals surface area contributed by atoms with Crippen molar-refractivity contribution in [3.05, 3.63) is 59.7 Å². The Bertz CT molecular complexity index is 1070. The first kappa shape index (κ1) is 24.7. The normalized spacial score (nSPS) is 20.3. The number of methoxy groups -OCH3 is 2. The highest BCUT2D eigenvalue weighted by Gasteiger charge is 2.38. The summed E-state index contributed by atoms with van der Waals surface area (Å²) in [5.41, 5.74) is 2.67. The highest BCUT2D eigenvalue weighted by atomic mass is 16.5. The van der Waals surface area contributed by atoms with Gasteiger partial charge < -0.3 is 14.2 Å². The number of hydrazone groups is 1. The van der Waals surface area contributed by atoms with Crippen molar-refractivity contribution in [2.24, 2.45) is 5.10 Å². The number of esters is 1. The number of benzene rings is 2. The van der Waals surface area contributed by atoms with Crippen molar-refractivity contribution in [1.82, 2.24) is 9.91 Å². The van der Waals surface area contributed by atoms with E-state index in [1.165, 1.54) is 0 Å². The molecule has 1 fully saturated rings. The Morgan fingerprint density at radius 2 is 1.86 bits per heavy atom. The SMILES string of the molecule is CCOC(=O)[C@@H]1CCCCN1CC(=O)N1N=C(c2ccccc2)C[C@H]1c1ccc(OC)cc1OC. The lowest BCUT2D eigenvalue weighted by atomic mass is 9.97. The van der Waals surface area contributed by atoms with Gasteiger partial charge in [-0.1, -0.05) is 36.8 Å². The summed E-state index contributed by atoms with van der Waals surface area (Å²) in [5, 5.41) is 6.34. The fourth-order valence-corrected chi connectivity index (χ4v) is 4.81. The van der Waals surface area contributed by atoms with E-state index in [2.05, 4.69) is 0 Å². The lowest BCUT2D eigenvalue weighted by Gasteiger charge is -2.34. The zero-order valence-corrected chi connectivity index (χ0v) is 20.6. The monoisotopic (exact) mass is 479 g/mol. The summed E-state index contributed by atoms with van der Waals surface area (Å²) in [7, 11) is 3.21. The summed E-state index contributed by atoms with van der Waals surface area (Å²) in [6.45, 7) is 2.90. The number of hydrogen-bond donors (Lipinski definition) is 0. The molecule has 0 N–H and O–H groups in total. The maximum Gasteiger partial charge on any atom is 0.323 e. The molecule has 0 radical (unpaired) electrons. The van der Waals surface area contributed by atoms with Crippen LogP contribution in [0.4, 0.5) is 0 Å². The summed E-state index contributed by atoms with van der Waals surface area (Å²) in [5.74, 6) is 0.897. The van der Waals surface area contributed by atoms with Crippen LogP contribution in [0.25, 0.3) is 0 Å². The van der Waals surface area contributed by atoms with Gasteiger partial charge in [-0.2, -0.15) is 5.10 Å². The van der Waals surface area contributed by atoms with Crippen LogP contribution in [-0.4, -0.2) is 67.5 Å². The second kappa shape index (κ2) is 11.4. The Kier molecular flexibility index (Phi) is 8.02. The molecule has 186 valence electrons. The van der Waals surface area contributed by atoms with Gasteiger partial charge in [0.2, 0.25) is 0 Å². The Morgan fingerprint density at radius 3 is 2.57 bits per heavy atom. The Labute approximate surface area is 206 Å². The summed E-state index contributed by atoms with van der Waals surface area (Å²) < 4.78 is 16.3. The van der Waals surface area contributed by atoms with Gasteiger partial charge in [-0.05, 0) is 44.0 Å². The molecule has 2 atom stereocenters. The summed E-state index contributed by atoms with van der Waals surface area (Å²) in [4.78, 5) is 28.1. The van der Waals surface area contributed by atoms with Crippen LogP contribution in [0.15, 0.2) is 53.6 Å². The molecule has 2 aromatic carbocycles. The first-order valence-corrected chi connectivity index (χ1v) is 12.1. The van der Waals surface area contributed by atoms with Gasteiger partial charge in [0.1, 0.15) is 17.5 Å². The smallest absolute Gasteiger partial charge is 0.323 e. The van der Waals surface area contributed by atoms with Gasteiger partial charge >= 0.3 is 5.97 Å². The van der Waals surface area contributed by atoms with Crippen LogP contribution in [0, 0.1) is 0 Å². The standard InChI is InChI=1S/C27H33N3O5/c1-4-35-27(32)23-12-8-9-15-29(23)18-26(31)30-24(17-22(28-30)19-10-6-5-7-11-19)21-14-13-20(33-2)16-25(21)34-3/h5-7,10-11,13-14,16,23-24H,4,8-9,12,15,17-18H2,1-3H3/t23-,24-/m0/s1. The molecule has 1 saturated heterocycles. The van der Waals surface area contributed by atoms with E-state index in [0.717, 1.165) is 29.7 Å². The highest BCUT2D eigenvalue weighted by Crippen LogP contribution is 2.39. The molecule has 35 heavy (non-hydrogen) atoms. The number of hydrogen-bond acceptors (Lipinski definition) is 7. The molecule has 8 nitrogen and oxygen atoms in total. The first-order chi connectivity index (χ1) is 17.0. The van der Waals surface area contributed by atoms with Crippen molar-refractivity contribution in [3.8, 4) is 11.5 Å². The van der Waals surface area contributed by atoms with E-state index in [1.54, 1.807) is 26.2 Å². The zero-order valence-electron chi connectivity index (χ0n) is 20.6. The number of carbonyl (C=O) groups excluding carboxylic acids is 2. The molecule has 2 aliphatic heterocycles. The molecule has 0 aliphatic carbocycles.